The van der Waals surface area contributed by atoms with E-state index in [-0.39, 0.29) is 30.6 Å². The van der Waals surface area contributed by atoms with Gasteiger partial charge in [0.1, 0.15) is 6.04 Å². The van der Waals surface area contributed by atoms with Gasteiger partial charge in [0, 0.05) is 25.9 Å². The van der Waals surface area contributed by atoms with Crippen molar-refractivity contribution in [3.05, 3.63) is 0 Å². The number of carbonyl (C=O) groups excluding carboxylic acids is 3. The number of likely N-dealkylation sites (tertiary alicyclic amines) is 1. The molecule has 1 aliphatic heterocycles. The maximum absolute atomic E-state index is 12.2. The van der Waals surface area contributed by atoms with E-state index >= 15 is 0 Å². The van der Waals surface area contributed by atoms with Gasteiger partial charge in [-0.25, -0.2) is 4.79 Å². The highest BCUT2D eigenvalue weighted by atomic mass is 16.5. The third kappa shape index (κ3) is 7.48. The zero-order chi connectivity index (χ0) is 17.2. The molecular formula is C17H30N2O4. The van der Waals surface area contributed by atoms with Crippen molar-refractivity contribution in [1.29, 1.82) is 0 Å². The molecule has 1 rings (SSSR count). The highest BCUT2D eigenvalue weighted by molar-refractivity contribution is 5.87. The lowest BCUT2D eigenvalue weighted by Gasteiger charge is -2.21. The minimum Gasteiger partial charge on any atom is -0.467 e. The first-order valence-electron chi connectivity index (χ1n) is 8.59. The lowest BCUT2D eigenvalue weighted by molar-refractivity contribution is -0.145. The molecule has 1 atom stereocenters. The first kappa shape index (κ1) is 19.5. The van der Waals surface area contributed by atoms with Gasteiger partial charge in [0.25, 0.3) is 0 Å². The highest BCUT2D eigenvalue weighted by Crippen LogP contribution is 2.12. The van der Waals surface area contributed by atoms with Crippen LogP contribution in [0, 0.1) is 5.92 Å². The molecule has 0 aromatic rings. The molecule has 1 aliphatic rings. The van der Waals surface area contributed by atoms with Gasteiger partial charge in [-0.2, -0.15) is 0 Å². The SMILES string of the molecule is COC(=O)C(CC(C)C)NC(=O)CCC(=O)N1CCCCCC1. The van der Waals surface area contributed by atoms with E-state index < -0.39 is 12.0 Å². The van der Waals surface area contributed by atoms with Crippen LogP contribution in [-0.4, -0.2) is 48.9 Å². The number of esters is 1. The molecule has 1 saturated heterocycles. The average molecular weight is 326 g/mol. The van der Waals surface area contributed by atoms with Crippen LogP contribution in [0.25, 0.3) is 0 Å². The Balaban J connectivity index is 2.41. The van der Waals surface area contributed by atoms with E-state index in [9.17, 15) is 14.4 Å². The molecule has 1 unspecified atom stereocenters. The molecule has 2 amide bonds. The highest BCUT2D eigenvalue weighted by Gasteiger charge is 2.23. The molecule has 23 heavy (non-hydrogen) atoms. The molecule has 1 fully saturated rings. The van der Waals surface area contributed by atoms with Crippen LogP contribution in [0.3, 0.4) is 0 Å². The van der Waals surface area contributed by atoms with Crippen molar-refractivity contribution in [3.63, 3.8) is 0 Å². The second kappa shape index (κ2) is 10.2. The Morgan fingerprint density at radius 1 is 1.04 bits per heavy atom. The van der Waals surface area contributed by atoms with Crippen molar-refractivity contribution in [2.75, 3.05) is 20.2 Å². The van der Waals surface area contributed by atoms with Crippen molar-refractivity contribution in [3.8, 4) is 0 Å². The van der Waals surface area contributed by atoms with E-state index in [1.54, 1.807) is 0 Å². The summed E-state index contributed by atoms with van der Waals surface area (Å²) in [5.41, 5.74) is 0. The van der Waals surface area contributed by atoms with Gasteiger partial charge in [-0.1, -0.05) is 26.7 Å². The largest absolute Gasteiger partial charge is 0.467 e. The number of ether oxygens (including phenoxy) is 1. The maximum atomic E-state index is 12.2. The second-order valence-corrected chi connectivity index (χ2v) is 6.57. The Kier molecular flexibility index (Phi) is 8.66. The van der Waals surface area contributed by atoms with Crippen LogP contribution in [0.5, 0.6) is 0 Å². The Hall–Kier alpha value is -1.59. The fraction of sp³-hybridized carbons (Fsp3) is 0.824. The molecule has 0 radical (unpaired) electrons. The summed E-state index contributed by atoms with van der Waals surface area (Å²) in [7, 11) is 1.31. The standard InChI is InChI=1S/C17H30N2O4/c1-13(2)12-14(17(22)23-3)18-15(20)8-9-16(21)19-10-6-4-5-7-11-19/h13-14H,4-12H2,1-3H3,(H,18,20). The number of amides is 2. The number of methoxy groups -OCH3 is 1. The van der Waals surface area contributed by atoms with Crippen molar-refractivity contribution in [1.82, 2.24) is 10.2 Å². The van der Waals surface area contributed by atoms with Crippen LogP contribution >= 0.6 is 0 Å². The third-order valence-electron chi connectivity index (χ3n) is 4.05. The van der Waals surface area contributed by atoms with E-state index in [2.05, 4.69) is 5.32 Å². The van der Waals surface area contributed by atoms with Crippen molar-refractivity contribution in [2.24, 2.45) is 5.92 Å². The predicted octanol–water partition coefficient (Wildman–Crippen LogP) is 1.87. The molecule has 0 aromatic carbocycles. The zero-order valence-electron chi connectivity index (χ0n) is 14.6. The zero-order valence-corrected chi connectivity index (χ0v) is 14.6. The maximum Gasteiger partial charge on any atom is 0.328 e. The van der Waals surface area contributed by atoms with Crippen LogP contribution in [0.15, 0.2) is 0 Å². The van der Waals surface area contributed by atoms with Gasteiger partial charge in [-0.3, -0.25) is 9.59 Å². The summed E-state index contributed by atoms with van der Waals surface area (Å²) in [5.74, 6) is -0.422. The normalized spacial score (nSPS) is 16.6. The van der Waals surface area contributed by atoms with Crippen molar-refractivity contribution >= 4 is 17.8 Å². The second-order valence-electron chi connectivity index (χ2n) is 6.57. The summed E-state index contributed by atoms with van der Waals surface area (Å²) in [6.45, 7) is 5.53. The quantitative estimate of drug-likeness (QED) is 0.725. The van der Waals surface area contributed by atoms with Crippen LogP contribution in [0.4, 0.5) is 0 Å². The van der Waals surface area contributed by atoms with Crippen molar-refractivity contribution in [2.45, 2.75) is 64.8 Å². The van der Waals surface area contributed by atoms with Crippen LogP contribution in [0.1, 0.15) is 58.8 Å². The van der Waals surface area contributed by atoms with Crippen LogP contribution in [-0.2, 0) is 19.1 Å². The average Bonchev–Trinajstić information content (AvgIpc) is 2.80. The molecule has 1 heterocycles. The summed E-state index contributed by atoms with van der Waals surface area (Å²) in [5, 5.41) is 2.69. The van der Waals surface area contributed by atoms with Gasteiger partial charge < -0.3 is 15.0 Å². The number of hydrogen-bond acceptors (Lipinski definition) is 4. The van der Waals surface area contributed by atoms with E-state index in [0.29, 0.717) is 6.42 Å². The Labute approximate surface area is 138 Å². The van der Waals surface area contributed by atoms with Gasteiger partial charge in [0.05, 0.1) is 7.11 Å². The molecule has 0 aromatic heterocycles. The molecule has 6 heteroatoms. The van der Waals surface area contributed by atoms with E-state index in [4.69, 9.17) is 4.74 Å². The molecular weight excluding hydrogens is 296 g/mol. The number of hydrogen-bond donors (Lipinski definition) is 1. The fourth-order valence-corrected chi connectivity index (χ4v) is 2.79. The van der Waals surface area contributed by atoms with E-state index in [1.165, 1.54) is 20.0 Å². The monoisotopic (exact) mass is 326 g/mol. The van der Waals surface area contributed by atoms with Crippen LogP contribution < -0.4 is 5.32 Å². The summed E-state index contributed by atoms with van der Waals surface area (Å²) in [6, 6.07) is -0.638. The van der Waals surface area contributed by atoms with E-state index in [0.717, 1.165) is 25.9 Å². The summed E-state index contributed by atoms with van der Waals surface area (Å²) in [4.78, 5) is 37.7. The first-order valence-corrected chi connectivity index (χ1v) is 8.59. The summed E-state index contributed by atoms with van der Waals surface area (Å²) >= 11 is 0. The summed E-state index contributed by atoms with van der Waals surface area (Å²) < 4.78 is 4.72. The van der Waals surface area contributed by atoms with Gasteiger partial charge in [0.15, 0.2) is 0 Å². The molecule has 6 nitrogen and oxygen atoms in total. The number of nitrogens with zero attached hydrogens (tertiary/aromatic N) is 1. The lowest BCUT2D eigenvalue weighted by Crippen LogP contribution is -2.42. The number of rotatable bonds is 7. The molecule has 0 saturated carbocycles. The third-order valence-corrected chi connectivity index (χ3v) is 4.05. The fourth-order valence-electron chi connectivity index (χ4n) is 2.79. The summed E-state index contributed by atoms with van der Waals surface area (Å²) in [6.07, 6.45) is 5.24. The number of carbonyl (C=O) groups is 3. The molecule has 0 spiro atoms. The van der Waals surface area contributed by atoms with Gasteiger partial charge >= 0.3 is 5.97 Å². The number of nitrogens with one attached hydrogen (secondary N) is 1. The molecule has 0 bridgehead atoms. The minimum atomic E-state index is -0.638. The van der Waals surface area contributed by atoms with Crippen LogP contribution in [0.2, 0.25) is 0 Å². The first-order chi connectivity index (χ1) is 10.9. The smallest absolute Gasteiger partial charge is 0.328 e. The van der Waals surface area contributed by atoms with Gasteiger partial charge in [-0.15, -0.1) is 0 Å². The van der Waals surface area contributed by atoms with E-state index in [1.807, 2.05) is 18.7 Å². The predicted molar refractivity (Wildman–Crippen MR) is 87.7 cm³/mol. The van der Waals surface area contributed by atoms with Gasteiger partial charge in [0.2, 0.25) is 11.8 Å². The van der Waals surface area contributed by atoms with Crippen molar-refractivity contribution < 1.29 is 19.1 Å². The Bertz CT molecular complexity index is 401. The molecule has 132 valence electrons. The minimum absolute atomic E-state index is 0.0283. The molecule has 1 N–H and O–H groups in total. The van der Waals surface area contributed by atoms with Gasteiger partial charge in [-0.05, 0) is 25.2 Å². The Morgan fingerprint density at radius 3 is 2.17 bits per heavy atom. The molecule has 0 aliphatic carbocycles. The Morgan fingerprint density at radius 2 is 1.65 bits per heavy atom. The lowest BCUT2D eigenvalue weighted by atomic mass is 10.0. The topological polar surface area (TPSA) is 75.7 Å².